The number of hydrogen-bond donors (Lipinski definition) is 1. The summed E-state index contributed by atoms with van der Waals surface area (Å²) in [6, 6.07) is 17.0. The summed E-state index contributed by atoms with van der Waals surface area (Å²) in [5.41, 5.74) is 7.47. The van der Waals surface area contributed by atoms with E-state index in [1.807, 2.05) is 72.4 Å². The molecule has 118 valence electrons. The largest absolute Gasteiger partial charge is 0.351 e. The summed E-state index contributed by atoms with van der Waals surface area (Å²) in [6.45, 7) is 0. The number of carbonyl (C=O) groups is 1. The monoisotopic (exact) mass is 316 g/mol. The number of primary amides is 1. The number of pyridine rings is 1. The highest BCUT2D eigenvalue weighted by atomic mass is 16.2. The van der Waals surface area contributed by atoms with Crippen molar-refractivity contribution in [3.8, 4) is 0 Å². The lowest BCUT2D eigenvalue weighted by Crippen LogP contribution is -2.32. The van der Waals surface area contributed by atoms with Crippen LogP contribution < -0.4 is 10.6 Å². The van der Waals surface area contributed by atoms with Gasteiger partial charge in [-0.2, -0.15) is 0 Å². The minimum atomic E-state index is -0.561. The molecule has 0 bridgehead atoms. The van der Waals surface area contributed by atoms with Gasteiger partial charge in [0, 0.05) is 35.7 Å². The van der Waals surface area contributed by atoms with Crippen LogP contribution in [0.3, 0.4) is 0 Å². The van der Waals surface area contributed by atoms with Crippen molar-refractivity contribution in [2.24, 2.45) is 12.8 Å². The Morgan fingerprint density at radius 2 is 1.92 bits per heavy atom. The number of hydrogen-bond acceptors (Lipinski definition) is 2. The zero-order valence-electron chi connectivity index (χ0n) is 13.2. The molecule has 0 aliphatic rings. The predicted octanol–water partition coefficient (Wildman–Crippen LogP) is 3.94. The van der Waals surface area contributed by atoms with Crippen LogP contribution in [0.1, 0.15) is 0 Å². The maximum atomic E-state index is 12.2. The number of rotatable bonds is 2. The van der Waals surface area contributed by atoms with Crippen LogP contribution in [-0.4, -0.2) is 15.6 Å². The molecule has 5 nitrogen and oxygen atoms in total. The molecule has 0 fully saturated rings. The molecule has 24 heavy (non-hydrogen) atoms. The van der Waals surface area contributed by atoms with Gasteiger partial charge in [-0.25, -0.2) is 14.7 Å². The highest BCUT2D eigenvalue weighted by Crippen LogP contribution is 2.32. The standard InChI is InChI=1S/C19H16N4O/c1-22-11-9-14-12-15(6-7-17(14)22)23(19(20)24)18-16-5-3-2-4-13(16)8-10-21-18/h2-12H,1H3,(H2,20,24). The molecule has 4 aromatic rings. The molecule has 0 atom stereocenters. The summed E-state index contributed by atoms with van der Waals surface area (Å²) in [6.07, 6.45) is 3.67. The molecule has 0 unspecified atom stereocenters. The van der Waals surface area contributed by atoms with Gasteiger partial charge in [-0.05, 0) is 35.7 Å². The van der Waals surface area contributed by atoms with Gasteiger partial charge in [-0.1, -0.05) is 24.3 Å². The van der Waals surface area contributed by atoms with Gasteiger partial charge in [0.2, 0.25) is 0 Å². The first kappa shape index (κ1) is 14.3. The van der Waals surface area contributed by atoms with E-state index in [4.69, 9.17) is 5.73 Å². The molecule has 0 aliphatic heterocycles. The average Bonchev–Trinajstić information content (AvgIpc) is 2.96. The molecule has 0 spiro atoms. The van der Waals surface area contributed by atoms with Crippen LogP contribution in [0.25, 0.3) is 21.7 Å². The van der Waals surface area contributed by atoms with E-state index in [0.717, 1.165) is 21.7 Å². The lowest BCUT2D eigenvalue weighted by molar-refractivity contribution is 0.256. The highest BCUT2D eigenvalue weighted by molar-refractivity contribution is 6.06. The van der Waals surface area contributed by atoms with Crippen molar-refractivity contribution >= 4 is 39.2 Å². The topological polar surface area (TPSA) is 64.2 Å². The van der Waals surface area contributed by atoms with E-state index in [9.17, 15) is 4.79 Å². The Morgan fingerprint density at radius 1 is 1.08 bits per heavy atom. The Hall–Kier alpha value is -3.34. The van der Waals surface area contributed by atoms with E-state index in [2.05, 4.69) is 4.98 Å². The molecule has 2 aromatic carbocycles. The molecule has 2 heterocycles. The molecule has 0 aliphatic carbocycles. The number of amides is 2. The van der Waals surface area contributed by atoms with Gasteiger partial charge in [0.05, 0.1) is 5.69 Å². The number of benzene rings is 2. The van der Waals surface area contributed by atoms with E-state index in [1.165, 1.54) is 4.90 Å². The van der Waals surface area contributed by atoms with Crippen LogP contribution >= 0.6 is 0 Å². The summed E-state index contributed by atoms with van der Waals surface area (Å²) < 4.78 is 2.03. The van der Waals surface area contributed by atoms with Gasteiger partial charge in [0.1, 0.15) is 5.82 Å². The second kappa shape index (κ2) is 5.38. The number of urea groups is 1. The van der Waals surface area contributed by atoms with E-state index in [0.29, 0.717) is 11.5 Å². The van der Waals surface area contributed by atoms with E-state index < -0.39 is 6.03 Å². The van der Waals surface area contributed by atoms with Crippen molar-refractivity contribution in [2.75, 3.05) is 4.90 Å². The number of aryl methyl sites for hydroxylation is 1. The molecule has 0 saturated heterocycles. The molecule has 2 amide bonds. The summed E-state index contributed by atoms with van der Waals surface area (Å²) in [4.78, 5) is 18.1. The predicted molar refractivity (Wildman–Crippen MR) is 96.4 cm³/mol. The Kier molecular flexibility index (Phi) is 3.20. The van der Waals surface area contributed by atoms with Crippen molar-refractivity contribution in [1.29, 1.82) is 0 Å². The fourth-order valence-corrected chi connectivity index (χ4v) is 3.04. The summed E-state index contributed by atoms with van der Waals surface area (Å²) in [5.74, 6) is 0.538. The third-order valence-electron chi connectivity index (χ3n) is 4.21. The van der Waals surface area contributed by atoms with Crippen molar-refractivity contribution in [1.82, 2.24) is 9.55 Å². The molecule has 2 N–H and O–H groups in total. The quantitative estimate of drug-likeness (QED) is 0.608. The molecule has 0 saturated carbocycles. The highest BCUT2D eigenvalue weighted by Gasteiger charge is 2.19. The first-order valence-electron chi connectivity index (χ1n) is 7.63. The van der Waals surface area contributed by atoms with Gasteiger partial charge in [-0.15, -0.1) is 0 Å². The Bertz CT molecular complexity index is 1060. The minimum absolute atomic E-state index is 0.538. The SMILES string of the molecule is Cn1ccc2cc(N(C(N)=O)c3nccc4ccccc34)ccc21. The smallest absolute Gasteiger partial charge is 0.325 e. The molecule has 5 heteroatoms. The normalized spacial score (nSPS) is 11.0. The van der Waals surface area contributed by atoms with Crippen molar-refractivity contribution in [3.05, 3.63) is 67.0 Å². The van der Waals surface area contributed by atoms with Crippen LogP contribution in [0.15, 0.2) is 67.0 Å². The number of fused-ring (bicyclic) bond motifs is 2. The van der Waals surface area contributed by atoms with Crippen LogP contribution in [0, 0.1) is 0 Å². The number of nitrogens with zero attached hydrogens (tertiary/aromatic N) is 3. The van der Waals surface area contributed by atoms with E-state index in [-0.39, 0.29) is 0 Å². The molecule has 4 rings (SSSR count). The van der Waals surface area contributed by atoms with E-state index >= 15 is 0 Å². The molecular weight excluding hydrogens is 300 g/mol. The molecular formula is C19H16N4O. The Balaban J connectivity index is 1.94. The van der Waals surface area contributed by atoms with Crippen LogP contribution in [0.4, 0.5) is 16.3 Å². The Morgan fingerprint density at radius 3 is 2.75 bits per heavy atom. The fourth-order valence-electron chi connectivity index (χ4n) is 3.04. The molecule has 2 aromatic heterocycles. The zero-order valence-corrected chi connectivity index (χ0v) is 13.2. The number of anilines is 2. The third kappa shape index (κ3) is 2.18. The first-order valence-corrected chi connectivity index (χ1v) is 7.63. The van der Waals surface area contributed by atoms with Gasteiger partial charge in [-0.3, -0.25) is 0 Å². The maximum Gasteiger partial charge on any atom is 0.325 e. The summed E-state index contributed by atoms with van der Waals surface area (Å²) >= 11 is 0. The van der Waals surface area contributed by atoms with Crippen molar-refractivity contribution < 1.29 is 4.79 Å². The number of aromatic nitrogens is 2. The zero-order chi connectivity index (χ0) is 16.7. The summed E-state index contributed by atoms with van der Waals surface area (Å²) in [7, 11) is 1.99. The summed E-state index contributed by atoms with van der Waals surface area (Å²) in [5, 5.41) is 2.93. The van der Waals surface area contributed by atoms with Crippen LogP contribution in [0.2, 0.25) is 0 Å². The number of nitrogens with two attached hydrogens (primary N) is 1. The lowest BCUT2D eigenvalue weighted by Gasteiger charge is -2.21. The van der Waals surface area contributed by atoms with Crippen LogP contribution in [-0.2, 0) is 7.05 Å². The van der Waals surface area contributed by atoms with Crippen LogP contribution in [0.5, 0.6) is 0 Å². The van der Waals surface area contributed by atoms with Crippen molar-refractivity contribution in [3.63, 3.8) is 0 Å². The second-order valence-electron chi connectivity index (χ2n) is 5.70. The van der Waals surface area contributed by atoms with Gasteiger partial charge >= 0.3 is 6.03 Å². The third-order valence-corrected chi connectivity index (χ3v) is 4.21. The van der Waals surface area contributed by atoms with Gasteiger partial charge < -0.3 is 10.3 Å². The second-order valence-corrected chi connectivity index (χ2v) is 5.70. The maximum absolute atomic E-state index is 12.2. The lowest BCUT2D eigenvalue weighted by atomic mass is 10.1. The first-order chi connectivity index (χ1) is 11.6. The average molecular weight is 316 g/mol. The Labute approximate surface area is 138 Å². The van der Waals surface area contributed by atoms with Gasteiger partial charge in [0.25, 0.3) is 0 Å². The van der Waals surface area contributed by atoms with Gasteiger partial charge in [0.15, 0.2) is 0 Å². The minimum Gasteiger partial charge on any atom is -0.351 e. The van der Waals surface area contributed by atoms with Crippen molar-refractivity contribution in [2.45, 2.75) is 0 Å². The van der Waals surface area contributed by atoms with E-state index in [1.54, 1.807) is 6.20 Å². The fraction of sp³-hybridized carbons (Fsp3) is 0.0526. The number of carbonyl (C=O) groups excluding carboxylic acids is 1. The molecule has 0 radical (unpaired) electrons.